The van der Waals surface area contributed by atoms with Gasteiger partial charge in [0.25, 0.3) is 0 Å². The number of hydrogen-bond donors (Lipinski definition) is 2. The van der Waals surface area contributed by atoms with E-state index in [2.05, 4.69) is 16.3 Å². The first-order chi connectivity index (χ1) is 13.0. The molecule has 7 heteroatoms. The molecule has 142 valence electrons. The summed E-state index contributed by atoms with van der Waals surface area (Å²) in [7, 11) is 0. The van der Waals surface area contributed by atoms with Gasteiger partial charge in [0.1, 0.15) is 0 Å². The highest BCUT2D eigenvalue weighted by Gasteiger charge is 2.21. The summed E-state index contributed by atoms with van der Waals surface area (Å²) in [6.45, 7) is 4.17. The molecule has 0 saturated carbocycles. The normalized spacial score (nSPS) is 14.8. The number of amides is 2. The number of carboxylic acids is 1. The van der Waals surface area contributed by atoms with E-state index >= 15 is 0 Å². The fourth-order valence-electron chi connectivity index (χ4n) is 3.06. The van der Waals surface area contributed by atoms with Gasteiger partial charge in [-0.1, -0.05) is 35.9 Å². The van der Waals surface area contributed by atoms with Crippen LogP contribution in [0.15, 0.2) is 48.5 Å². The third kappa shape index (κ3) is 5.45. The van der Waals surface area contributed by atoms with Gasteiger partial charge in [-0.15, -0.1) is 0 Å². The standard InChI is InChI=1S/C20H22ClN3O3/c21-18-3-1-2-16(12-18)14-23-8-10-24(11-9-23)20(27)22-13-15-4-6-17(7-5-15)19(25)26/h1-7,12H,8-11,13-14H2,(H,22,27)(H,25,26). The molecule has 0 aliphatic carbocycles. The van der Waals surface area contributed by atoms with Crippen molar-refractivity contribution in [2.45, 2.75) is 13.1 Å². The lowest BCUT2D eigenvalue weighted by Crippen LogP contribution is -2.51. The first kappa shape index (κ1) is 19.2. The Kier molecular flexibility index (Phi) is 6.32. The lowest BCUT2D eigenvalue weighted by atomic mass is 10.1. The van der Waals surface area contributed by atoms with Crippen LogP contribution in [0.5, 0.6) is 0 Å². The maximum absolute atomic E-state index is 12.3. The quantitative estimate of drug-likeness (QED) is 0.827. The summed E-state index contributed by atoms with van der Waals surface area (Å²) >= 11 is 6.03. The molecule has 27 heavy (non-hydrogen) atoms. The van der Waals surface area contributed by atoms with Crippen LogP contribution in [0.4, 0.5) is 4.79 Å². The van der Waals surface area contributed by atoms with Crippen molar-refractivity contribution >= 4 is 23.6 Å². The predicted octanol–water partition coefficient (Wildman–Crippen LogP) is 3.07. The fraction of sp³-hybridized carbons (Fsp3) is 0.300. The second kappa shape index (κ2) is 8.88. The number of carbonyl (C=O) groups excluding carboxylic acids is 1. The van der Waals surface area contributed by atoms with Crippen LogP contribution >= 0.6 is 11.6 Å². The van der Waals surface area contributed by atoms with E-state index in [0.717, 1.165) is 30.2 Å². The zero-order valence-corrected chi connectivity index (χ0v) is 15.7. The highest BCUT2D eigenvalue weighted by Crippen LogP contribution is 2.14. The van der Waals surface area contributed by atoms with Gasteiger partial charge in [-0.3, -0.25) is 4.90 Å². The maximum atomic E-state index is 12.3. The molecule has 1 aliphatic rings. The van der Waals surface area contributed by atoms with E-state index in [4.69, 9.17) is 16.7 Å². The van der Waals surface area contributed by atoms with E-state index in [9.17, 15) is 9.59 Å². The summed E-state index contributed by atoms with van der Waals surface area (Å²) in [4.78, 5) is 27.3. The van der Waals surface area contributed by atoms with E-state index in [-0.39, 0.29) is 11.6 Å². The van der Waals surface area contributed by atoms with Crippen LogP contribution in [0, 0.1) is 0 Å². The highest BCUT2D eigenvalue weighted by molar-refractivity contribution is 6.30. The van der Waals surface area contributed by atoms with E-state index in [1.165, 1.54) is 5.56 Å². The van der Waals surface area contributed by atoms with Crippen molar-refractivity contribution in [2.75, 3.05) is 26.2 Å². The zero-order valence-electron chi connectivity index (χ0n) is 14.9. The van der Waals surface area contributed by atoms with Gasteiger partial charge in [-0.05, 0) is 35.4 Å². The monoisotopic (exact) mass is 387 g/mol. The van der Waals surface area contributed by atoms with Crippen LogP contribution < -0.4 is 5.32 Å². The molecule has 0 radical (unpaired) electrons. The number of nitrogens with zero attached hydrogens (tertiary/aromatic N) is 2. The molecule has 2 amide bonds. The van der Waals surface area contributed by atoms with Crippen molar-refractivity contribution in [3.8, 4) is 0 Å². The van der Waals surface area contributed by atoms with Crippen molar-refractivity contribution in [2.24, 2.45) is 0 Å². The molecule has 1 fully saturated rings. The van der Waals surface area contributed by atoms with Gasteiger partial charge in [0.05, 0.1) is 5.56 Å². The first-order valence-corrected chi connectivity index (χ1v) is 9.21. The van der Waals surface area contributed by atoms with Crippen LogP contribution in [-0.4, -0.2) is 53.1 Å². The molecule has 0 atom stereocenters. The topological polar surface area (TPSA) is 72.9 Å². The molecule has 2 aromatic carbocycles. The van der Waals surface area contributed by atoms with Crippen molar-refractivity contribution in [3.05, 3.63) is 70.2 Å². The molecule has 2 aromatic rings. The molecule has 3 rings (SSSR count). The average Bonchev–Trinajstić information content (AvgIpc) is 2.67. The number of urea groups is 1. The Bertz CT molecular complexity index is 802. The molecule has 1 heterocycles. The number of nitrogens with one attached hydrogen (secondary N) is 1. The van der Waals surface area contributed by atoms with Gasteiger partial charge in [0.15, 0.2) is 0 Å². The Hall–Kier alpha value is -2.57. The Morgan fingerprint density at radius 3 is 2.33 bits per heavy atom. The number of carbonyl (C=O) groups is 2. The second-order valence-corrected chi connectivity index (χ2v) is 6.99. The third-order valence-corrected chi connectivity index (χ3v) is 4.83. The Balaban J connectivity index is 1.43. The van der Waals surface area contributed by atoms with Crippen LogP contribution in [0.2, 0.25) is 5.02 Å². The minimum absolute atomic E-state index is 0.0975. The molecule has 0 unspecified atom stereocenters. The van der Waals surface area contributed by atoms with E-state index < -0.39 is 5.97 Å². The SMILES string of the molecule is O=C(O)c1ccc(CNC(=O)N2CCN(Cc3cccc(Cl)c3)CC2)cc1. The van der Waals surface area contributed by atoms with Crippen LogP contribution in [-0.2, 0) is 13.1 Å². The molecule has 0 aromatic heterocycles. The van der Waals surface area contributed by atoms with Crippen LogP contribution in [0.3, 0.4) is 0 Å². The Morgan fingerprint density at radius 1 is 1.00 bits per heavy atom. The summed E-state index contributed by atoms with van der Waals surface area (Å²) in [5.41, 5.74) is 2.28. The predicted molar refractivity (Wildman–Crippen MR) is 104 cm³/mol. The van der Waals surface area contributed by atoms with Crippen LogP contribution in [0.1, 0.15) is 21.5 Å². The maximum Gasteiger partial charge on any atom is 0.335 e. The summed E-state index contributed by atoms with van der Waals surface area (Å²) in [6, 6.07) is 14.2. The first-order valence-electron chi connectivity index (χ1n) is 8.83. The fourth-order valence-corrected chi connectivity index (χ4v) is 3.27. The molecule has 1 aliphatic heterocycles. The number of piperazine rings is 1. The smallest absolute Gasteiger partial charge is 0.335 e. The van der Waals surface area contributed by atoms with Crippen molar-refractivity contribution in [1.29, 1.82) is 0 Å². The zero-order chi connectivity index (χ0) is 19.2. The molecule has 2 N–H and O–H groups in total. The molecule has 6 nitrogen and oxygen atoms in total. The van der Waals surface area contributed by atoms with Crippen molar-refractivity contribution in [3.63, 3.8) is 0 Å². The number of carboxylic acid groups (broad SMARTS) is 1. The third-order valence-electron chi connectivity index (χ3n) is 4.60. The Labute approximate surface area is 163 Å². The minimum atomic E-state index is -0.957. The van der Waals surface area contributed by atoms with Gasteiger partial charge in [0.2, 0.25) is 0 Å². The van der Waals surface area contributed by atoms with Crippen molar-refractivity contribution in [1.82, 2.24) is 15.1 Å². The number of benzene rings is 2. The lowest BCUT2D eigenvalue weighted by molar-refractivity contribution is 0.0697. The highest BCUT2D eigenvalue weighted by atomic mass is 35.5. The molecule has 0 bridgehead atoms. The Morgan fingerprint density at radius 2 is 1.70 bits per heavy atom. The van der Waals surface area contributed by atoms with Gasteiger partial charge in [-0.2, -0.15) is 0 Å². The summed E-state index contributed by atoms with van der Waals surface area (Å²) < 4.78 is 0. The summed E-state index contributed by atoms with van der Waals surface area (Å²) in [5, 5.41) is 12.5. The molecule has 0 spiro atoms. The van der Waals surface area contributed by atoms with Crippen molar-refractivity contribution < 1.29 is 14.7 Å². The van der Waals surface area contributed by atoms with Gasteiger partial charge >= 0.3 is 12.0 Å². The van der Waals surface area contributed by atoms with Gasteiger partial charge < -0.3 is 15.3 Å². The van der Waals surface area contributed by atoms with E-state index in [1.54, 1.807) is 29.2 Å². The van der Waals surface area contributed by atoms with E-state index in [0.29, 0.717) is 19.6 Å². The minimum Gasteiger partial charge on any atom is -0.478 e. The molecule has 1 saturated heterocycles. The average molecular weight is 388 g/mol. The second-order valence-electron chi connectivity index (χ2n) is 6.55. The molecular formula is C20H22ClN3O3. The largest absolute Gasteiger partial charge is 0.478 e. The van der Waals surface area contributed by atoms with Crippen LogP contribution in [0.25, 0.3) is 0 Å². The summed E-state index contributed by atoms with van der Waals surface area (Å²) in [6.07, 6.45) is 0. The number of hydrogen-bond acceptors (Lipinski definition) is 3. The van der Waals surface area contributed by atoms with Gasteiger partial charge in [-0.25, -0.2) is 9.59 Å². The van der Waals surface area contributed by atoms with Gasteiger partial charge in [0, 0.05) is 44.3 Å². The number of rotatable bonds is 5. The number of halogens is 1. The summed E-state index contributed by atoms with van der Waals surface area (Å²) in [5.74, 6) is -0.957. The van der Waals surface area contributed by atoms with E-state index in [1.807, 2.05) is 18.2 Å². The molecular weight excluding hydrogens is 366 g/mol. The number of aromatic carboxylic acids is 1. The lowest BCUT2D eigenvalue weighted by Gasteiger charge is -2.34.